The van der Waals surface area contributed by atoms with Gasteiger partial charge in [-0.3, -0.25) is 0 Å². The van der Waals surface area contributed by atoms with E-state index in [1.165, 1.54) is 6.07 Å². The first-order valence-corrected chi connectivity index (χ1v) is 6.45. The lowest BCUT2D eigenvalue weighted by atomic mass is 9.96. The molecule has 22 heavy (non-hydrogen) atoms. The number of ether oxygens (including phenoxy) is 1. The van der Waals surface area contributed by atoms with Crippen molar-refractivity contribution in [3.8, 4) is 16.9 Å². The van der Waals surface area contributed by atoms with Crippen LogP contribution >= 0.6 is 11.6 Å². The summed E-state index contributed by atoms with van der Waals surface area (Å²) in [6.07, 6.45) is -4.88. The first-order valence-electron chi connectivity index (χ1n) is 6.07. The van der Waals surface area contributed by atoms with Gasteiger partial charge >= 0.3 is 12.3 Å². The van der Waals surface area contributed by atoms with Gasteiger partial charge in [-0.15, -0.1) is 13.2 Å². The van der Waals surface area contributed by atoms with Crippen LogP contribution in [0.1, 0.15) is 15.9 Å². The minimum atomic E-state index is -4.88. The van der Waals surface area contributed by atoms with Gasteiger partial charge in [-0.25, -0.2) is 4.79 Å². The topological polar surface area (TPSA) is 46.5 Å². The van der Waals surface area contributed by atoms with E-state index in [4.69, 9.17) is 11.6 Å². The second-order valence-electron chi connectivity index (χ2n) is 4.52. The van der Waals surface area contributed by atoms with Crippen molar-refractivity contribution in [2.24, 2.45) is 0 Å². The Hall–Kier alpha value is -2.21. The molecule has 0 radical (unpaired) electrons. The van der Waals surface area contributed by atoms with E-state index in [-0.39, 0.29) is 11.1 Å². The molecule has 1 N–H and O–H groups in total. The van der Waals surface area contributed by atoms with Crippen molar-refractivity contribution in [2.45, 2.75) is 13.3 Å². The predicted molar refractivity (Wildman–Crippen MR) is 75.3 cm³/mol. The van der Waals surface area contributed by atoms with Crippen molar-refractivity contribution in [2.75, 3.05) is 0 Å². The van der Waals surface area contributed by atoms with Crippen molar-refractivity contribution in [3.63, 3.8) is 0 Å². The molecule has 0 heterocycles. The average molecular weight is 331 g/mol. The maximum absolute atomic E-state index is 12.2. The maximum Gasteiger partial charge on any atom is 0.573 e. The highest BCUT2D eigenvalue weighted by atomic mass is 35.5. The van der Waals surface area contributed by atoms with Crippen molar-refractivity contribution < 1.29 is 27.8 Å². The zero-order valence-electron chi connectivity index (χ0n) is 11.2. The molecular formula is C15H10ClF3O3. The summed E-state index contributed by atoms with van der Waals surface area (Å²) >= 11 is 5.84. The van der Waals surface area contributed by atoms with Crippen LogP contribution in [0.4, 0.5) is 13.2 Å². The second-order valence-corrected chi connectivity index (χ2v) is 4.96. The van der Waals surface area contributed by atoms with Gasteiger partial charge in [-0.05, 0) is 53.9 Å². The molecule has 0 saturated carbocycles. The molecule has 0 aliphatic carbocycles. The minimum Gasteiger partial charge on any atom is -0.478 e. The number of hydrogen-bond acceptors (Lipinski definition) is 2. The lowest BCUT2D eigenvalue weighted by molar-refractivity contribution is -0.274. The second kappa shape index (κ2) is 5.88. The summed E-state index contributed by atoms with van der Waals surface area (Å²) in [5.41, 5.74) is 1.28. The lowest BCUT2D eigenvalue weighted by Gasteiger charge is -2.13. The Morgan fingerprint density at radius 3 is 2.32 bits per heavy atom. The number of carbonyl (C=O) groups is 1. The van der Waals surface area contributed by atoms with Gasteiger partial charge in [0.25, 0.3) is 0 Å². The van der Waals surface area contributed by atoms with E-state index in [1.54, 1.807) is 25.1 Å². The fourth-order valence-corrected chi connectivity index (χ4v) is 2.29. The third-order valence-corrected chi connectivity index (χ3v) is 3.17. The number of carboxylic acid groups (broad SMARTS) is 1. The molecule has 0 atom stereocenters. The quantitative estimate of drug-likeness (QED) is 0.869. The standard InChI is InChI=1S/C15H10ClF3O3/c1-8-6-9(16)2-4-11(8)12-5-3-10(22-15(17,18)19)7-13(12)14(20)21/h2-7H,1H3,(H,20,21). The van der Waals surface area contributed by atoms with Gasteiger partial charge in [-0.2, -0.15) is 0 Å². The molecule has 0 spiro atoms. The number of alkyl halides is 3. The van der Waals surface area contributed by atoms with Crippen LogP contribution in [0.15, 0.2) is 36.4 Å². The molecule has 2 rings (SSSR count). The molecule has 0 bridgehead atoms. The smallest absolute Gasteiger partial charge is 0.478 e. The first kappa shape index (κ1) is 16.2. The molecule has 0 aromatic heterocycles. The van der Waals surface area contributed by atoms with E-state index in [0.29, 0.717) is 16.1 Å². The van der Waals surface area contributed by atoms with Crippen molar-refractivity contribution in [1.29, 1.82) is 0 Å². The van der Waals surface area contributed by atoms with Crippen LogP contribution < -0.4 is 4.74 Å². The summed E-state index contributed by atoms with van der Waals surface area (Å²) in [6, 6.07) is 8.03. The Balaban J connectivity index is 2.54. The zero-order chi connectivity index (χ0) is 16.5. The summed E-state index contributed by atoms with van der Waals surface area (Å²) in [5, 5.41) is 9.71. The summed E-state index contributed by atoms with van der Waals surface area (Å²) in [7, 11) is 0. The highest BCUT2D eigenvalue weighted by molar-refractivity contribution is 6.30. The fraction of sp³-hybridized carbons (Fsp3) is 0.133. The molecule has 116 valence electrons. The van der Waals surface area contributed by atoms with Crippen LogP contribution in [-0.2, 0) is 0 Å². The Labute approximate surface area is 128 Å². The SMILES string of the molecule is Cc1cc(Cl)ccc1-c1ccc(OC(F)(F)F)cc1C(=O)O. The Morgan fingerprint density at radius 2 is 1.77 bits per heavy atom. The summed E-state index contributed by atoms with van der Waals surface area (Å²) in [5.74, 6) is -1.93. The highest BCUT2D eigenvalue weighted by Crippen LogP contribution is 2.33. The largest absolute Gasteiger partial charge is 0.573 e. The van der Waals surface area contributed by atoms with Gasteiger partial charge in [0.1, 0.15) is 5.75 Å². The normalized spacial score (nSPS) is 11.3. The van der Waals surface area contributed by atoms with Crippen molar-refractivity contribution in [3.05, 3.63) is 52.5 Å². The highest BCUT2D eigenvalue weighted by Gasteiger charge is 2.31. The number of benzene rings is 2. The zero-order valence-corrected chi connectivity index (χ0v) is 12.0. The average Bonchev–Trinajstić information content (AvgIpc) is 2.37. The molecule has 0 aliphatic heterocycles. The van der Waals surface area contributed by atoms with E-state index in [2.05, 4.69) is 4.74 Å². The molecule has 0 aliphatic rings. The van der Waals surface area contributed by atoms with Gasteiger partial charge < -0.3 is 9.84 Å². The van der Waals surface area contributed by atoms with Gasteiger partial charge in [0.2, 0.25) is 0 Å². The van der Waals surface area contributed by atoms with E-state index in [0.717, 1.165) is 12.1 Å². The fourth-order valence-electron chi connectivity index (χ4n) is 2.06. The van der Waals surface area contributed by atoms with Crippen molar-refractivity contribution in [1.82, 2.24) is 0 Å². The molecule has 0 fully saturated rings. The van der Waals surface area contributed by atoms with Crippen molar-refractivity contribution >= 4 is 17.6 Å². The number of aryl methyl sites for hydroxylation is 1. The van der Waals surface area contributed by atoms with Gasteiger partial charge in [0, 0.05) is 5.02 Å². The predicted octanol–water partition coefficient (Wildman–Crippen LogP) is 4.91. The summed E-state index contributed by atoms with van der Waals surface area (Å²) in [6.45, 7) is 1.73. The Kier molecular flexibility index (Phi) is 4.32. The minimum absolute atomic E-state index is 0.285. The van der Waals surface area contributed by atoms with E-state index in [1.807, 2.05) is 0 Å². The molecule has 2 aromatic rings. The first-order chi connectivity index (χ1) is 10.2. The molecular weight excluding hydrogens is 321 g/mol. The number of hydrogen-bond donors (Lipinski definition) is 1. The molecule has 0 saturated heterocycles. The van der Waals surface area contributed by atoms with Crippen LogP contribution in [-0.4, -0.2) is 17.4 Å². The summed E-state index contributed by atoms with van der Waals surface area (Å²) in [4.78, 5) is 11.3. The van der Waals surface area contributed by atoms with E-state index in [9.17, 15) is 23.1 Å². The Bertz CT molecular complexity index is 726. The van der Waals surface area contributed by atoms with E-state index >= 15 is 0 Å². The molecule has 7 heteroatoms. The molecule has 2 aromatic carbocycles. The van der Waals surface area contributed by atoms with Crippen LogP contribution in [0.2, 0.25) is 5.02 Å². The van der Waals surface area contributed by atoms with Crippen LogP contribution in [0.25, 0.3) is 11.1 Å². The third kappa shape index (κ3) is 3.71. The molecule has 0 unspecified atom stereocenters. The third-order valence-electron chi connectivity index (χ3n) is 2.93. The number of carboxylic acids is 1. The molecule has 0 amide bonds. The van der Waals surface area contributed by atoms with Crippen LogP contribution in [0.3, 0.4) is 0 Å². The number of halogens is 4. The molecule has 3 nitrogen and oxygen atoms in total. The number of rotatable bonds is 3. The summed E-state index contributed by atoms with van der Waals surface area (Å²) < 4.78 is 40.4. The van der Waals surface area contributed by atoms with Gasteiger partial charge in [0.15, 0.2) is 0 Å². The lowest BCUT2D eigenvalue weighted by Crippen LogP contribution is -2.17. The maximum atomic E-state index is 12.2. The monoisotopic (exact) mass is 330 g/mol. The van der Waals surface area contributed by atoms with Crippen LogP contribution in [0, 0.1) is 6.92 Å². The van der Waals surface area contributed by atoms with Crippen LogP contribution in [0.5, 0.6) is 5.75 Å². The van der Waals surface area contributed by atoms with Gasteiger partial charge in [0.05, 0.1) is 5.56 Å². The number of aromatic carboxylic acids is 1. The van der Waals surface area contributed by atoms with E-state index < -0.39 is 18.1 Å². The van der Waals surface area contributed by atoms with Gasteiger partial charge in [-0.1, -0.05) is 17.7 Å². The Morgan fingerprint density at radius 1 is 1.14 bits per heavy atom.